The van der Waals surface area contributed by atoms with Gasteiger partial charge in [-0.3, -0.25) is 0 Å². The van der Waals surface area contributed by atoms with Crippen LogP contribution in [0.5, 0.6) is 0 Å². The first-order valence-corrected chi connectivity index (χ1v) is 3.09. The van der Waals surface area contributed by atoms with E-state index in [9.17, 15) is 0 Å². The molecule has 2 N–H and O–H groups in total. The number of allylic oxidation sites excluding steroid dienone is 1. The third-order valence-corrected chi connectivity index (χ3v) is 1.63. The lowest BCUT2D eigenvalue weighted by molar-refractivity contribution is 0.555. The Balaban J connectivity index is 2.59. The zero-order valence-corrected chi connectivity index (χ0v) is 5.57. The Hall–Kier alpha value is -0.300. The molecular weight excluding hydrogens is 98.1 g/mol. The van der Waals surface area contributed by atoms with Crippen LogP contribution in [0.4, 0.5) is 0 Å². The van der Waals surface area contributed by atoms with E-state index >= 15 is 0 Å². The molecule has 1 rings (SSSR count). The number of hydrogen-bond donors (Lipinski definition) is 1. The van der Waals surface area contributed by atoms with Crippen LogP contribution in [0.3, 0.4) is 0 Å². The molecule has 0 atom stereocenters. The fourth-order valence-corrected chi connectivity index (χ4v) is 0.874. The molecule has 0 amide bonds. The van der Waals surface area contributed by atoms with Crippen LogP contribution in [0, 0.1) is 0 Å². The number of hydrogen-bond acceptors (Lipinski definition) is 1. The molecule has 1 aliphatic carbocycles. The van der Waals surface area contributed by atoms with Crippen molar-refractivity contribution in [1.29, 1.82) is 0 Å². The predicted molar refractivity (Wildman–Crippen MR) is 35.6 cm³/mol. The molecule has 0 bridgehead atoms. The molecular formula is C7H13N. The topological polar surface area (TPSA) is 26.0 Å². The molecule has 1 heteroatoms. The second-order valence-corrected chi connectivity index (χ2v) is 2.99. The summed E-state index contributed by atoms with van der Waals surface area (Å²) in [5.74, 6) is 0. The van der Waals surface area contributed by atoms with Gasteiger partial charge < -0.3 is 5.73 Å². The van der Waals surface area contributed by atoms with E-state index < -0.39 is 0 Å². The molecule has 0 aromatic carbocycles. The minimum absolute atomic E-state index is 0.0434. The summed E-state index contributed by atoms with van der Waals surface area (Å²) in [5.41, 5.74) is 7.14. The van der Waals surface area contributed by atoms with Crippen molar-refractivity contribution in [2.24, 2.45) is 5.73 Å². The largest absolute Gasteiger partial charge is 0.322 e. The Labute approximate surface area is 50.6 Å². The molecule has 46 valence electrons. The molecule has 0 saturated heterocycles. The molecule has 0 aromatic rings. The Morgan fingerprint density at radius 2 is 2.12 bits per heavy atom. The molecule has 0 heterocycles. The third kappa shape index (κ3) is 0.920. The van der Waals surface area contributed by atoms with Gasteiger partial charge in [-0.25, -0.2) is 0 Å². The van der Waals surface area contributed by atoms with Gasteiger partial charge in [-0.1, -0.05) is 11.6 Å². The Bertz CT molecular complexity index is 117. The van der Waals surface area contributed by atoms with Gasteiger partial charge in [-0.2, -0.15) is 0 Å². The van der Waals surface area contributed by atoms with E-state index in [1.807, 2.05) is 0 Å². The quantitative estimate of drug-likeness (QED) is 0.509. The molecule has 0 spiro atoms. The summed E-state index contributed by atoms with van der Waals surface area (Å²) in [5, 5.41) is 0. The van der Waals surface area contributed by atoms with Crippen LogP contribution in [-0.2, 0) is 0 Å². The summed E-state index contributed by atoms with van der Waals surface area (Å²) in [7, 11) is 0. The van der Waals surface area contributed by atoms with Crippen molar-refractivity contribution >= 4 is 0 Å². The van der Waals surface area contributed by atoms with Crippen LogP contribution in [-0.4, -0.2) is 5.54 Å². The normalized spacial score (nSPS) is 19.6. The Morgan fingerprint density at radius 3 is 2.12 bits per heavy atom. The average molecular weight is 111 g/mol. The highest BCUT2D eigenvalue weighted by molar-refractivity contribution is 5.23. The lowest BCUT2D eigenvalue weighted by Gasteiger charge is -2.27. The summed E-state index contributed by atoms with van der Waals surface area (Å²) in [6.45, 7) is 4.11. The minimum atomic E-state index is -0.0434. The van der Waals surface area contributed by atoms with Crippen LogP contribution in [0.25, 0.3) is 0 Å². The first-order chi connectivity index (χ1) is 3.61. The third-order valence-electron chi connectivity index (χ3n) is 1.63. The summed E-state index contributed by atoms with van der Waals surface area (Å²) >= 11 is 0. The Kier molecular flexibility index (Phi) is 1.16. The van der Waals surface area contributed by atoms with Gasteiger partial charge in [0, 0.05) is 5.54 Å². The zero-order valence-electron chi connectivity index (χ0n) is 5.57. The van der Waals surface area contributed by atoms with Crippen LogP contribution >= 0.6 is 0 Å². The summed E-state index contributed by atoms with van der Waals surface area (Å²) < 4.78 is 0. The number of nitrogens with two attached hydrogens (primary N) is 1. The fraction of sp³-hybridized carbons (Fsp3) is 0.714. The monoisotopic (exact) mass is 111 g/mol. The summed E-state index contributed by atoms with van der Waals surface area (Å²) in [6.07, 6.45) is 4.67. The SMILES string of the molecule is CC(C)(N)C1=CCC1. The van der Waals surface area contributed by atoms with Crippen LogP contribution < -0.4 is 5.73 Å². The highest BCUT2D eigenvalue weighted by Gasteiger charge is 2.20. The Morgan fingerprint density at radius 1 is 1.62 bits per heavy atom. The molecule has 1 aliphatic rings. The van der Waals surface area contributed by atoms with Gasteiger partial charge in [-0.15, -0.1) is 0 Å². The van der Waals surface area contributed by atoms with Crippen LogP contribution in [0.2, 0.25) is 0 Å². The van der Waals surface area contributed by atoms with E-state index in [-0.39, 0.29) is 5.54 Å². The van der Waals surface area contributed by atoms with Gasteiger partial charge in [0.25, 0.3) is 0 Å². The average Bonchev–Trinajstić information content (AvgIpc) is 1.16. The zero-order chi connectivity index (χ0) is 6.20. The molecule has 0 aliphatic heterocycles. The lowest BCUT2D eigenvalue weighted by atomic mass is 9.84. The van der Waals surface area contributed by atoms with Crippen molar-refractivity contribution in [2.45, 2.75) is 32.2 Å². The van der Waals surface area contributed by atoms with Crippen molar-refractivity contribution < 1.29 is 0 Å². The van der Waals surface area contributed by atoms with E-state index in [0.717, 1.165) is 0 Å². The van der Waals surface area contributed by atoms with Crippen molar-refractivity contribution in [2.75, 3.05) is 0 Å². The van der Waals surface area contributed by atoms with E-state index in [2.05, 4.69) is 19.9 Å². The van der Waals surface area contributed by atoms with Crippen molar-refractivity contribution in [3.63, 3.8) is 0 Å². The van der Waals surface area contributed by atoms with Crippen molar-refractivity contribution in [1.82, 2.24) is 0 Å². The molecule has 8 heavy (non-hydrogen) atoms. The van der Waals surface area contributed by atoms with Crippen molar-refractivity contribution in [3.8, 4) is 0 Å². The first-order valence-electron chi connectivity index (χ1n) is 3.09. The van der Waals surface area contributed by atoms with Crippen LogP contribution in [0.1, 0.15) is 26.7 Å². The maximum absolute atomic E-state index is 5.77. The van der Waals surface area contributed by atoms with E-state index in [4.69, 9.17) is 5.73 Å². The molecule has 0 aromatic heterocycles. The highest BCUT2D eigenvalue weighted by Crippen LogP contribution is 2.26. The van der Waals surface area contributed by atoms with Gasteiger partial charge in [0.15, 0.2) is 0 Å². The van der Waals surface area contributed by atoms with E-state index in [1.165, 1.54) is 18.4 Å². The maximum atomic E-state index is 5.77. The van der Waals surface area contributed by atoms with Gasteiger partial charge in [0.2, 0.25) is 0 Å². The van der Waals surface area contributed by atoms with Crippen LogP contribution in [0.15, 0.2) is 11.6 Å². The molecule has 1 nitrogen and oxygen atoms in total. The standard InChI is InChI=1S/C7H13N/c1-7(2,8)6-4-3-5-6/h4H,3,5,8H2,1-2H3. The smallest absolute Gasteiger partial charge is 0.0311 e. The highest BCUT2D eigenvalue weighted by atomic mass is 14.7. The lowest BCUT2D eigenvalue weighted by Crippen LogP contribution is -2.36. The summed E-state index contributed by atoms with van der Waals surface area (Å²) in [6, 6.07) is 0. The predicted octanol–water partition coefficient (Wildman–Crippen LogP) is 1.44. The second kappa shape index (κ2) is 1.59. The molecule has 0 fully saturated rings. The van der Waals surface area contributed by atoms with Gasteiger partial charge in [-0.05, 0) is 26.7 Å². The molecule has 0 saturated carbocycles. The van der Waals surface area contributed by atoms with E-state index in [1.54, 1.807) is 0 Å². The van der Waals surface area contributed by atoms with E-state index in [0.29, 0.717) is 0 Å². The van der Waals surface area contributed by atoms with Gasteiger partial charge in [0.05, 0.1) is 0 Å². The first kappa shape index (κ1) is 5.83. The van der Waals surface area contributed by atoms with Crippen molar-refractivity contribution in [3.05, 3.63) is 11.6 Å². The maximum Gasteiger partial charge on any atom is 0.0311 e. The number of rotatable bonds is 1. The second-order valence-electron chi connectivity index (χ2n) is 2.99. The minimum Gasteiger partial charge on any atom is -0.322 e. The van der Waals surface area contributed by atoms with Gasteiger partial charge >= 0.3 is 0 Å². The molecule has 0 unspecified atom stereocenters. The fourth-order valence-electron chi connectivity index (χ4n) is 0.874. The summed E-state index contributed by atoms with van der Waals surface area (Å²) in [4.78, 5) is 0. The molecule has 0 radical (unpaired) electrons. The van der Waals surface area contributed by atoms with Gasteiger partial charge in [0.1, 0.15) is 0 Å².